The van der Waals surface area contributed by atoms with Crippen molar-refractivity contribution in [3.8, 4) is 0 Å². The predicted octanol–water partition coefficient (Wildman–Crippen LogP) is 2.36. The zero-order valence-corrected chi connectivity index (χ0v) is 12.6. The number of nitrogens with two attached hydrogens (primary N) is 1. The van der Waals surface area contributed by atoms with Gasteiger partial charge in [0.2, 0.25) is 11.8 Å². The Labute approximate surface area is 121 Å². The molecule has 0 saturated heterocycles. The van der Waals surface area contributed by atoms with Crippen LogP contribution in [-0.4, -0.2) is 18.9 Å². The number of hydrogen-bond acceptors (Lipinski definition) is 2. The van der Waals surface area contributed by atoms with Crippen molar-refractivity contribution < 1.29 is 9.59 Å². The van der Waals surface area contributed by atoms with Gasteiger partial charge in [0.25, 0.3) is 0 Å². The minimum absolute atomic E-state index is 0.0117. The molecule has 3 N–H and O–H groups in total. The lowest BCUT2D eigenvalue weighted by atomic mass is 9.62. The van der Waals surface area contributed by atoms with Crippen molar-refractivity contribution in [2.45, 2.75) is 64.2 Å². The van der Waals surface area contributed by atoms with Crippen LogP contribution in [0.25, 0.3) is 0 Å². The van der Waals surface area contributed by atoms with Crippen molar-refractivity contribution in [1.82, 2.24) is 5.32 Å². The Morgan fingerprint density at radius 1 is 1.15 bits per heavy atom. The van der Waals surface area contributed by atoms with Gasteiger partial charge < -0.3 is 11.1 Å². The van der Waals surface area contributed by atoms with E-state index in [0.717, 1.165) is 38.5 Å². The highest BCUT2D eigenvalue weighted by Crippen LogP contribution is 2.46. The molecule has 0 aromatic heterocycles. The SMILES string of the molecule is CNC(=O)[C@H](CC1CCCC1)C1(C(N)=O)CCCCC1. The Morgan fingerprint density at radius 3 is 2.25 bits per heavy atom. The van der Waals surface area contributed by atoms with E-state index in [1.54, 1.807) is 7.05 Å². The third-order valence-electron chi connectivity index (χ3n) is 5.51. The molecule has 2 amide bonds. The number of carbonyl (C=O) groups is 2. The molecule has 0 aliphatic heterocycles. The maximum atomic E-state index is 12.4. The lowest BCUT2D eigenvalue weighted by Gasteiger charge is -2.41. The van der Waals surface area contributed by atoms with Crippen LogP contribution in [0.3, 0.4) is 0 Å². The van der Waals surface area contributed by atoms with Crippen molar-refractivity contribution in [2.24, 2.45) is 23.0 Å². The van der Waals surface area contributed by atoms with Crippen LogP contribution in [0.4, 0.5) is 0 Å². The molecular formula is C16H28N2O2. The summed E-state index contributed by atoms with van der Waals surface area (Å²) in [6.07, 6.45) is 10.5. The van der Waals surface area contributed by atoms with Crippen LogP contribution >= 0.6 is 0 Å². The van der Waals surface area contributed by atoms with Crippen LogP contribution in [0.15, 0.2) is 0 Å². The van der Waals surface area contributed by atoms with E-state index in [-0.39, 0.29) is 17.7 Å². The van der Waals surface area contributed by atoms with Gasteiger partial charge in [0.15, 0.2) is 0 Å². The molecule has 0 aromatic rings. The van der Waals surface area contributed by atoms with E-state index in [2.05, 4.69) is 5.32 Å². The Balaban J connectivity index is 2.21. The van der Waals surface area contributed by atoms with Crippen LogP contribution in [0, 0.1) is 17.3 Å². The molecule has 0 aromatic carbocycles. The molecule has 0 spiro atoms. The molecule has 1 atom stereocenters. The van der Waals surface area contributed by atoms with E-state index in [9.17, 15) is 9.59 Å². The number of carbonyl (C=O) groups excluding carboxylic acids is 2. The summed E-state index contributed by atoms with van der Waals surface area (Å²) in [5.74, 6) is 0.116. The van der Waals surface area contributed by atoms with Gasteiger partial charge in [-0.25, -0.2) is 0 Å². The van der Waals surface area contributed by atoms with Gasteiger partial charge >= 0.3 is 0 Å². The molecule has 0 unspecified atom stereocenters. The average Bonchev–Trinajstić information content (AvgIpc) is 2.97. The van der Waals surface area contributed by atoms with Crippen molar-refractivity contribution in [1.29, 1.82) is 0 Å². The van der Waals surface area contributed by atoms with Crippen LogP contribution in [0.1, 0.15) is 64.2 Å². The van der Waals surface area contributed by atoms with Gasteiger partial charge in [-0.2, -0.15) is 0 Å². The van der Waals surface area contributed by atoms with Crippen LogP contribution < -0.4 is 11.1 Å². The van der Waals surface area contributed by atoms with Crippen molar-refractivity contribution in [3.63, 3.8) is 0 Å². The fourth-order valence-electron chi connectivity index (χ4n) is 4.29. The number of primary amides is 1. The molecular weight excluding hydrogens is 252 g/mol. The molecule has 4 heteroatoms. The first kappa shape index (κ1) is 15.3. The monoisotopic (exact) mass is 280 g/mol. The lowest BCUT2D eigenvalue weighted by Crippen LogP contribution is -2.50. The van der Waals surface area contributed by atoms with E-state index >= 15 is 0 Å². The van der Waals surface area contributed by atoms with Gasteiger partial charge in [0.05, 0.1) is 11.3 Å². The average molecular weight is 280 g/mol. The Bertz CT molecular complexity index is 355. The highest BCUT2D eigenvalue weighted by molar-refractivity contribution is 5.89. The van der Waals surface area contributed by atoms with E-state index in [1.165, 1.54) is 25.7 Å². The molecule has 114 valence electrons. The predicted molar refractivity (Wildman–Crippen MR) is 78.8 cm³/mol. The maximum absolute atomic E-state index is 12.4. The first-order chi connectivity index (χ1) is 9.60. The van der Waals surface area contributed by atoms with Crippen molar-refractivity contribution >= 4 is 11.8 Å². The topological polar surface area (TPSA) is 72.2 Å². The number of rotatable bonds is 5. The van der Waals surface area contributed by atoms with Gasteiger partial charge in [-0.3, -0.25) is 9.59 Å². The van der Waals surface area contributed by atoms with Gasteiger partial charge in [-0.15, -0.1) is 0 Å². The molecule has 2 aliphatic carbocycles. The summed E-state index contributed by atoms with van der Waals surface area (Å²) in [5.41, 5.74) is 5.15. The highest BCUT2D eigenvalue weighted by Gasteiger charge is 2.48. The molecule has 2 saturated carbocycles. The summed E-state index contributed by atoms with van der Waals surface area (Å²) in [7, 11) is 1.67. The third kappa shape index (κ3) is 2.99. The summed E-state index contributed by atoms with van der Waals surface area (Å²) >= 11 is 0. The van der Waals surface area contributed by atoms with Gasteiger partial charge in [-0.05, 0) is 25.2 Å². The first-order valence-corrected chi connectivity index (χ1v) is 8.11. The van der Waals surface area contributed by atoms with Gasteiger partial charge in [0.1, 0.15) is 0 Å². The molecule has 4 nitrogen and oxygen atoms in total. The zero-order valence-electron chi connectivity index (χ0n) is 12.6. The summed E-state index contributed by atoms with van der Waals surface area (Å²) in [4.78, 5) is 24.5. The molecule has 2 fully saturated rings. The van der Waals surface area contributed by atoms with E-state index < -0.39 is 5.41 Å². The second-order valence-corrected chi connectivity index (χ2v) is 6.63. The maximum Gasteiger partial charge on any atom is 0.224 e. The first-order valence-electron chi connectivity index (χ1n) is 8.11. The molecule has 0 radical (unpaired) electrons. The van der Waals surface area contributed by atoms with Gasteiger partial charge in [-0.1, -0.05) is 44.9 Å². The van der Waals surface area contributed by atoms with Crippen LogP contribution in [-0.2, 0) is 9.59 Å². The highest BCUT2D eigenvalue weighted by atomic mass is 16.2. The quantitative estimate of drug-likeness (QED) is 0.811. The minimum Gasteiger partial charge on any atom is -0.369 e. The molecule has 2 rings (SSSR count). The molecule has 0 bridgehead atoms. The minimum atomic E-state index is -0.596. The smallest absolute Gasteiger partial charge is 0.224 e. The Hall–Kier alpha value is -1.06. The summed E-state index contributed by atoms with van der Waals surface area (Å²) < 4.78 is 0. The third-order valence-corrected chi connectivity index (χ3v) is 5.51. The standard InChI is InChI=1S/C16H28N2O2/c1-18-14(19)13(11-12-7-3-4-8-12)16(15(17)20)9-5-2-6-10-16/h12-13H,2-11H2,1H3,(H2,17,20)(H,18,19)/t13-/m0/s1. The molecule has 2 aliphatic rings. The Kier molecular flexibility index (Phi) is 5.06. The number of hydrogen-bond donors (Lipinski definition) is 2. The van der Waals surface area contributed by atoms with Gasteiger partial charge in [0, 0.05) is 7.05 Å². The number of amides is 2. The van der Waals surface area contributed by atoms with E-state index in [0.29, 0.717) is 5.92 Å². The van der Waals surface area contributed by atoms with E-state index in [1.807, 2.05) is 0 Å². The summed E-state index contributed by atoms with van der Waals surface area (Å²) in [6.45, 7) is 0. The zero-order chi connectivity index (χ0) is 14.6. The van der Waals surface area contributed by atoms with Crippen LogP contribution in [0.2, 0.25) is 0 Å². The lowest BCUT2D eigenvalue weighted by molar-refractivity contribution is -0.143. The normalized spacial score (nSPS) is 24.2. The van der Waals surface area contributed by atoms with Crippen molar-refractivity contribution in [3.05, 3.63) is 0 Å². The number of nitrogens with one attached hydrogen (secondary N) is 1. The van der Waals surface area contributed by atoms with Crippen LogP contribution in [0.5, 0.6) is 0 Å². The Morgan fingerprint density at radius 2 is 1.75 bits per heavy atom. The summed E-state index contributed by atoms with van der Waals surface area (Å²) in [5, 5.41) is 2.77. The largest absolute Gasteiger partial charge is 0.369 e. The second-order valence-electron chi connectivity index (χ2n) is 6.63. The summed E-state index contributed by atoms with van der Waals surface area (Å²) in [6, 6.07) is 0. The molecule has 0 heterocycles. The fourth-order valence-corrected chi connectivity index (χ4v) is 4.29. The fraction of sp³-hybridized carbons (Fsp3) is 0.875. The van der Waals surface area contributed by atoms with Crippen molar-refractivity contribution in [2.75, 3.05) is 7.05 Å². The van der Waals surface area contributed by atoms with E-state index in [4.69, 9.17) is 5.73 Å². The second kappa shape index (κ2) is 6.59. The molecule has 20 heavy (non-hydrogen) atoms.